The monoisotopic (exact) mass is 276 g/mol. The lowest BCUT2D eigenvalue weighted by molar-refractivity contribution is 0.245. The van der Waals surface area contributed by atoms with Crippen LogP contribution in [0.5, 0.6) is 11.5 Å². The van der Waals surface area contributed by atoms with Crippen molar-refractivity contribution in [3.8, 4) is 11.5 Å². The summed E-state index contributed by atoms with van der Waals surface area (Å²) >= 11 is 0. The summed E-state index contributed by atoms with van der Waals surface area (Å²) in [6.07, 6.45) is 3.74. The van der Waals surface area contributed by atoms with Gasteiger partial charge in [-0.15, -0.1) is 0 Å². The summed E-state index contributed by atoms with van der Waals surface area (Å²) in [6, 6.07) is 6.46. The van der Waals surface area contributed by atoms with Gasteiger partial charge in [0.25, 0.3) is 0 Å². The summed E-state index contributed by atoms with van der Waals surface area (Å²) in [5.41, 5.74) is 1.23. The summed E-state index contributed by atoms with van der Waals surface area (Å²) in [7, 11) is 1.71. The van der Waals surface area contributed by atoms with Crippen molar-refractivity contribution in [2.24, 2.45) is 0 Å². The maximum absolute atomic E-state index is 5.73. The summed E-state index contributed by atoms with van der Waals surface area (Å²) < 4.78 is 11.0. The first-order valence-electron chi connectivity index (χ1n) is 7.63. The van der Waals surface area contributed by atoms with Crippen LogP contribution in [-0.4, -0.2) is 44.8 Å². The fourth-order valence-corrected chi connectivity index (χ4v) is 3.11. The first-order valence-corrected chi connectivity index (χ1v) is 7.63. The van der Waals surface area contributed by atoms with E-state index in [-0.39, 0.29) is 0 Å². The van der Waals surface area contributed by atoms with E-state index < -0.39 is 0 Å². The molecule has 0 saturated carbocycles. The first-order chi connectivity index (χ1) is 9.86. The minimum Gasteiger partial charge on any atom is -0.497 e. The van der Waals surface area contributed by atoms with Crippen LogP contribution in [0.25, 0.3) is 0 Å². The van der Waals surface area contributed by atoms with Crippen LogP contribution in [0.3, 0.4) is 0 Å². The molecule has 1 unspecified atom stereocenters. The van der Waals surface area contributed by atoms with Crippen molar-refractivity contribution in [3.63, 3.8) is 0 Å². The van der Waals surface area contributed by atoms with Gasteiger partial charge in [0.1, 0.15) is 11.5 Å². The van der Waals surface area contributed by atoms with Crippen LogP contribution >= 0.6 is 0 Å². The van der Waals surface area contributed by atoms with E-state index in [0.29, 0.717) is 6.04 Å². The van der Waals surface area contributed by atoms with Crippen LogP contribution in [0, 0.1) is 0 Å². The van der Waals surface area contributed by atoms with Crippen molar-refractivity contribution in [3.05, 3.63) is 23.8 Å². The van der Waals surface area contributed by atoms with Gasteiger partial charge in [0, 0.05) is 31.1 Å². The van der Waals surface area contributed by atoms with E-state index in [9.17, 15) is 0 Å². The molecule has 1 aromatic carbocycles. The van der Waals surface area contributed by atoms with E-state index in [2.05, 4.69) is 16.3 Å². The summed E-state index contributed by atoms with van der Waals surface area (Å²) in [5, 5.41) is 3.68. The van der Waals surface area contributed by atoms with Crippen LogP contribution in [-0.2, 0) is 0 Å². The Balaban J connectivity index is 1.60. The molecule has 110 valence electrons. The summed E-state index contributed by atoms with van der Waals surface area (Å²) in [4.78, 5) is 2.54. The van der Waals surface area contributed by atoms with Crippen LogP contribution in [0.15, 0.2) is 18.2 Å². The number of hydrogen-bond donors (Lipinski definition) is 1. The molecule has 0 radical (unpaired) electrons. The van der Waals surface area contributed by atoms with Gasteiger partial charge in [0.2, 0.25) is 0 Å². The molecule has 2 heterocycles. The zero-order valence-electron chi connectivity index (χ0n) is 12.2. The summed E-state index contributed by atoms with van der Waals surface area (Å²) in [6.45, 7) is 5.51. The third kappa shape index (κ3) is 3.07. The number of rotatable bonds is 5. The Morgan fingerprint density at radius 3 is 3.00 bits per heavy atom. The number of likely N-dealkylation sites (tertiary alicyclic amines) is 1. The maximum atomic E-state index is 5.73. The lowest BCUT2D eigenvalue weighted by atomic mass is 10.00. The van der Waals surface area contributed by atoms with Gasteiger partial charge in [-0.05, 0) is 44.1 Å². The predicted molar refractivity (Wildman–Crippen MR) is 79.5 cm³/mol. The van der Waals surface area contributed by atoms with E-state index >= 15 is 0 Å². The number of hydrogen-bond acceptors (Lipinski definition) is 4. The number of benzene rings is 1. The normalized spacial score (nSPS) is 22.4. The molecule has 2 aliphatic heterocycles. The van der Waals surface area contributed by atoms with Gasteiger partial charge in [-0.1, -0.05) is 0 Å². The van der Waals surface area contributed by atoms with Crippen molar-refractivity contribution in [2.75, 3.05) is 39.9 Å². The molecule has 2 aliphatic rings. The van der Waals surface area contributed by atoms with E-state index in [4.69, 9.17) is 9.47 Å². The Kier molecular flexibility index (Phi) is 4.43. The fraction of sp³-hybridized carbons (Fsp3) is 0.625. The van der Waals surface area contributed by atoms with Gasteiger partial charge in [-0.25, -0.2) is 0 Å². The highest BCUT2D eigenvalue weighted by Gasteiger charge is 2.22. The molecule has 0 aromatic heterocycles. The molecule has 3 rings (SSSR count). The lowest BCUT2D eigenvalue weighted by Crippen LogP contribution is -2.34. The van der Waals surface area contributed by atoms with Crippen LogP contribution in [0.1, 0.15) is 30.9 Å². The lowest BCUT2D eigenvalue weighted by Gasteiger charge is -2.28. The summed E-state index contributed by atoms with van der Waals surface area (Å²) in [5.74, 6) is 1.90. The highest BCUT2D eigenvalue weighted by Crippen LogP contribution is 2.34. The minimum absolute atomic E-state index is 0.386. The van der Waals surface area contributed by atoms with Crippen molar-refractivity contribution < 1.29 is 9.47 Å². The van der Waals surface area contributed by atoms with Crippen LogP contribution in [0.2, 0.25) is 0 Å². The van der Waals surface area contributed by atoms with Crippen molar-refractivity contribution >= 4 is 0 Å². The van der Waals surface area contributed by atoms with E-state index in [1.54, 1.807) is 7.11 Å². The van der Waals surface area contributed by atoms with Crippen molar-refractivity contribution in [1.29, 1.82) is 0 Å². The van der Waals surface area contributed by atoms with Gasteiger partial charge in [0.05, 0.1) is 13.7 Å². The molecule has 0 aliphatic carbocycles. The maximum Gasteiger partial charge on any atom is 0.124 e. The predicted octanol–water partition coefficient (Wildman–Crippen LogP) is 2.20. The number of fused-ring (bicyclic) bond motifs is 1. The molecule has 1 N–H and O–H groups in total. The van der Waals surface area contributed by atoms with E-state index in [1.807, 2.05) is 12.1 Å². The highest BCUT2D eigenvalue weighted by atomic mass is 16.5. The van der Waals surface area contributed by atoms with Gasteiger partial charge in [0.15, 0.2) is 0 Å². The zero-order valence-corrected chi connectivity index (χ0v) is 12.2. The molecule has 1 saturated heterocycles. The van der Waals surface area contributed by atoms with Crippen LogP contribution < -0.4 is 14.8 Å². The van der Waals surface area contributed by atoms with E-state index in [0.717, 1.165) is 37.6 Å². The number of methoxy groups -OCH3 is 1. The van der Waals surface area contributed by atoms with Crippen molar-refractivity contribution in [1.82, 2.24) is 10.2 Å². The van der Waals surface area contributed by atoms with Crippen molar-refractivity contribution in [2.45, 2.75) is 25.3 Å². The largest absolute Gasteiger partial charge is 0.497 e. The molecule has 1 atom stereocenters. The van der Waals surface area contributed by atoms with Gasteiger partial charge >= 0.3 is 0 Å². The average Bonchev–Trinajstić information content (AvgIpc) is 3.00. The second kappa shape index (κ2) is 6.46. The molecule has 0 spiro atoms. The standard InChI is InChI=1S/C16H24N2O2/c1-19-13-4-5-16-14(12-13)15(6-11-20-16)17-7-10-18-8-2-3-9-18/h4-5,12,15,17H,2-3,6-11H2,1H3. The van der Waals surface area contributed by atoms with Gasteiger partial charge in [-0.2, -0.15) is 0 Å². The quantitative estimate of drug-likeness (QED) is 0.894. The second-order valence-corrected chi connectivity index (χ2v) is 5.60. The molecular formula is C16H24N2O2. The molecular weight excluding hydrogens is 252 g/mol. The third-order valence-electron chi connectivity index (χ3n) is 4.27. The Hall–Kier alpha value is -1.26. The Morgan fingerprint density at radius 1 is 1.35 bits per heavy atom. The SMILES string of the molecule is COc1ccc2c(c1)C(NCCN1CCCC1)CCO2. The Bertz CT molecular complexity index is 444. The minimum atomic E-state index is 0.386. The van der Waals surface area contributed by atoms with Gasteiger partial charge in [-0.3, -0.25) is 0 Å². The molecule has 0 amide bonds. The van der Waals surface area contributed by atoms with E-state index in [1.165, 1.54) is 31.5 Å². The van der Waals surface area contributed by atoms with Gasteiger partial charge < -0.3 is 19.7 Å². The third-order valence-corrected chi connectivity index (χ3v) is 4.27. The molecule has 20 heavy (non-hydrogen) atoms. The zero-order chi connectivity index (χ0) is 13.8. The number of ether oxygens (including phenoxy) is 2. The number of nitrogens with zero attached hydrogens (tertiary/aromatic N) is 1. The topological polar surface area (TPSA) is 33.7 Å². The second-order valence-electron chi connectivity index (χ2n) is 5.60. The molecule has 1 aromatic rings. The molecule has 4 nitrogen and oxygen atoms in total. The highest BCUT2D eigenvalue weighted by molar-refractivity contribution is 5.43. The Labute approximate surface area is 121 Å². The molecule has 1 fully saturated rings. The molecule has 4 heteroatoms. The molecule has 0 bridgehead atoms. The number of nitrogens with one attached hydrogen (secondary N) is 1. The first kappa shape index (κ1) is 13.7. The van der Waals surface area contributed by atoms with Crippen LogP contribution in [0.4, 0.5) is 0 Å². The fourth-order valence-electron chi connectivity index (χ4n) is 3.11. The average molecular weight is 276 g/mol. The smallest absolute Gasteiger partial charge is 0.124 e. The Morgan fingerprint density at radius 2 is 2.20 bits per heavy atom.